The summed E-state index contributed by atoms with van der Waals surface area (Å²) < 4.78 is 9.41. The number of amides is 1. The van der Waals surface area contributed by atoms with Crippen LogP contribution in [0.15, 0.2) is 91.4 Å². The number of hydrogen-bond donors (Lipinski definition) is 1. The highest BCUT2D eigenvalue weighted by Crippen LogP contribution is 2.31. The Hall–Kier alpha value is -3.67. The summed E-state index contributed by atoms with van der Waals surface area (Å²) in [5, 5.41) is 15.4. The third-order valence-corrected chi connectivity index (χ3v) is 6.47. The molecule has 2 aromatic heterocycles. The van der Waals surface area contributed by atoms with Crippen LogP contribution in [0.2, 0.25) is 0 Å². The van der Waals surface area contributed by atoms with Crippen LogP contribution in [-0.2, 0) is 6.54 Å². The zero-order valence-corrected chi connectivity index (χ0v) is 20.8. The van der Waals surface area contributed by atoms with E-state index in [1.165, 1.54) is 0 Å². The van der Waals surface area contributed by atoms with Gasteiger partial charge in [0, 0.05) is 39.1 Å². The van der Waals surface area contributed by atoms with E-state index in [0.29, 0.717) is 17.7 Å². The minimum absolute atomic E-state index is 0.168. The molecule has 166 valence electrons. The van der Waals surface area contributed by atoms with Crippen LogP contribution in [0.3, 0.4) is 0 Å². The number of fused-ring (bicyclic) bond motifs is 2. The number of nitriles is 1. The standard InChI is InChI=1S/C26H16Br2N4O2/c27-20-9-18-10-24(34-25(18)22(28)11-20)26(33)31-30-13-19-15-32(23-8-4-3-7-21(19)23)14-17-6-2-1-5-16(17)12-29/h1-11,13,15H,14H2,(H,31,33)/b30-13-. The maximum atomic E-state index is 12.6. The van der Waals surface area contributed by atoms with E-state index in [1.54, 1.807) is 12.3 Å². The van der Waals surface area contributed by atoms with E-state index >= 15 is 0 Å². The van der Waals surface area contributed by atoms with Crippen molar-refractivity contribution in [2.45, 2.75) is 6.54 Å². The molecule has 3 aromatic carbocycles. The smallest absolute Gasteiger partial charge is 0.307 e. The van der Waals surface area contributed by atoms with Crippen LogP contribution in [0.4, 0.5) is 0 Å². The molecule has 1 amide bonds. The van der Waals surface area contributed by atoms with Crippen molar-refractivity contribution in [1.29, 1.82) is 5.26 Å². The number of nitrogens with one attached hydrogen (secondary N) is 1. The molecule has 34 heavy (non-hydrogen) atoms. The van der Waals surface area contributed by atoms with Gasteiger partial charge < -0.3 is 8.98 Å². The van der Waals surface area contributed by atoms with Gasteiger partial charge >= 0.3 is 5.91 Å². The van der Waals surface area contributed by atoms with Gasteiger partial charge in [-0.3, -0.25) is 4.79 Å². The largest absolute Gasteiger partial charge is 0.450 e. The predicted molar refractivity (Wildman–Crippen MR) is 139 cm³/mol. The van der Waals surface area contributed by atoms with Gasteiger partial charge in [0.05, 0.1) is 22.3 Å². The summed E-state index contributed by atoms with van der Waals surface area (Å²) in [6.45, 7) is 0.549. The first-order valence-electron chi connectivity index (χ1n) is 10.3. The normalized spacial score (nSPS) is 11.3. The molecule has 0 aliphatic carbocycles. The lowest BCUT2D eigenvalue weighted by atomic mass is 10.1. The van der Waals surface area contributed by atoms with E-state index in [0.717, 1.165) is 36.4 Å². The molecule has 0 spiro atoms. The summed E-state index contributed by atoms with van der Waals surface area (Å²) in [7, 11) is 0. The summed E-state index contributed by atoms with van der Waals surface area (Å²) in [6.07, 6.45) is 3.58. The molecule has 2 heterocycles. The van der Waals surface area contributed by atoms with E-state index in [1.807, 2.05) is 66.9 Å². The molecule has 5 rings (SSSR count). The van der Waals surface area contributed by atoms with Crippen molar-refractivity contribution in [2.24, 2.45) is 5.10 Å². The van der Waals surface area contributed by atoms with Crippen molar-refractivity contribution in [1.82, 2.24) is 9.99 Å². The second-order valence-corrected chi connectivity index (χ2v) is 9.38. The molecule has 5 aromatic rings. The van der Waals surface area contributed by atoms with E-state index in [9.17, 15) is 10.1 Å². The van der Waals surface area contributed by atoms with E-state index in [4.69, 9.17) is 4.42 Å². The van der Waals surface area contributed by atoms with Crippen molar-refractivity contribution in [2.75, 3.05) is 0 Å². The van der Waals surface area contributed by atoms with Crippen LogP contribution in [0.5, 0.6) is 0 Å². The molecular weight excluding hydrogens is 560 g/mol. The fraction of sp³-hybridized carbons (Fsp3) is 0.0385. The van der Waals surface area contributed by atoms with E-state index in [-0.39, 0.29) is 5.76 Å². The number of rotatable bonds is 5. The van der Waals surface area contributed by atoms with Gasteiger partial charge in [-0.15, -0.1) is 0 Å². The Morgan fingerprint density at radius 1 is 1.12 bits per heavy atom. The van der Waals surface area contributed by atoms with Crippen molar-refractivity contribution >= 4 is 65.9 Å². The topological polar surface area (TPSA) is 83.3 Å². The zero-order valence-electron chi connectivity index (χ0n) is 17.6. The van der Waals surface area contributed by atoms with Crippen molar-refractivity contribution in [3.63, 3.8) is 0 Å². The molecule has 0 unspecified atom stereocenters. The number of furan rings is 1. The van der Waals surface area contributed by atoms with Crippen LogP contribution >= 0.6 is 31.9 Å². The van der Waals surface area contributed by atoms with Crippen LogP contribution in [0.1, 0.15) is 27.2 Å². The lowest BCUT2D eigenvalue weighted by Gasteiger charge is -2.07. The Kier molecular flexibility index (Phi) is 6.05. The SMILES string of the molecule is N#Cc1ccccc1Cn1cc(/C=N\NC(=O)c2cc3cc(Br)cc(Br)c3o2)c2ccccc21. The molecule has 0 fully saturated rings. The first-order valence-corrected chi connectivity index (χ1v) is 11.9. The molecule has 1 N–H and O–H groups in total. The number of aromatic nitrogens is 1. The van der Waals surface area contributed by atoms with Gasteiger partial charge in [0.2, 0.25) is 0 Å². The van der Waals surface area contributed by atoms with Gasteiger partial charge in [-0.1, -0.05) is 52.3 Å². The molecule has 0 aliphatic rings. The van der Waals surface area contributed by atoms with Crippen LogP contribution in [0, 0.1) is 11.3 Å². The Bertz CT molecular complexity index is 1630. The summed E-state index contributed by atoms with van der Waals surface area (Å²) in [6, 6.07) is 23.1. The number of benzene rings is 3. The van der Waals surface area contributed by atoms with Gasteiger partial charge in [-0.05, 0) is 51.8 Å². The van der Waals surface area contributed by atoms with Crippen molar-refractivity contribution in [3.05, 3.63) is 104 Å². The molecule has 0 saturated carbocycles. The average molecular weight is 576 g/mol. The summed E-state index contributed by atoms with van der Waals surface area (Å²) in [4.78, 5) is 12.6. The Labute approximate surface area is 211 Å². The minimum atomic E-state index is -0.442. The second-order valence-electron chi connectivity index (χ2n) is 7.61. The molecule has 8 heteroatoms. The first kappa shape index (κ1) is 22.1. The molecular formula is C26H16Br2N4O2. The number of hydrogen-bond acceptors (Lipinski definition) is 4. The van der Waals surface area contributed by atoms with E-state index in [2.05, 4.69) is 53.0 Å². The number of carbonyl (C=O) groups excluding carboxylic acids is 1. The lowest BCUT2D eigenvalue weighted by Crippen LogP contribution is -2.16. The summed E-state index contributed by atoms with van der Waals surface area (Å²) in [5.74, 6) is -0.274. The number of hydrazone groups is 1. The Morgan fingerprint density at radius 2 is 1.91 bits per heavy atom. The van der Waals surface area contributed by atoms with E-state index < -0.39 is 5.91 Å². The highest BCUT2D eigenvalue weighted by atomic mass is 79.9. The Balaban J connectivity index is 1.40. The van der Waals surface area contributed by atoms with Crippen LogP contribution in [-0.4, -0.2) is 16.7 Å². The third-order valence-electron chi connectivity index (χ3n) is 5.43. The maximum Gasteiger partial charge on any atom is 0.307 e. The number of para-hydroxylation sites is 1. The van der Waals surface area contributed by atoms with Gasteiger partial charge in [0.25, 0.3) is 0 Å². The van der Waals surface area contributed by atoms with Gasteiger partial charge in [0.1, 0.15) is 5.58 Å². The van der Waals surface area contributed by atoms with Crippen LogP contribution in [0.25, 0.3) is 21.9 Å². The molecule has 0 radical (unpaired) electrons. The third kappa shape index (κ3) is 4.28. The second kappa shape index (κ2) is 9.29. The number of carbonyl (C=O) groups is 1. The quantitative estimate of drug-likeness (QED) is 0.189. The van der Waals surface area contributed by atoms with Crippen LogP contribution < -0.4 is 5.43 Å². The average Bonchev–Trinajstić information content (AvgIpc) is 3.42. The molecule has 0 atom stereocenters. The fourth-order valence-electron chi connectivity index (χ4n) is 3.86. The maximum absolute atomic E-state index is 12.6. The first-order chi connectivity index (χ1) is 16.5. The zero-order chi connectivity index (χ0) is 23.7. The van der Waals surface area contributed by atoms with Crippen molar-refractivity contribution in [3.8, 4) is 6.07 Å². The van der Waals surface area contributed by atoms with Gasteiger partial charge in [0.15, 0.2) is 5.76 Å². The molecule has 6 nitrogen and oxygen atoms in total. The summed E-state index contributed by atoms with van der Waals surface area (Å²) >= 11 is 6.88. The highest BCUT2D eigenvalue weighted by Gasteiger charge is 2.14. The van der Waals surface area contributed by atoms with Gasteiger partial charge in [-0.2, -0.15) is 10.4 Å². The number of nitrogens with zero attached hydrogens (tertiary/aromatic N) is 3. The van der Waals surface area contributed by atoms with Crippen molar-refractivity contribution < 1.29 is 9.21 Å². The van der Waals surface area contributed by atoms with Gasteiger partial charge in [-0.25, -0.2) is 5.43 Å². The molecule has 0 bridgehead atoms. The highest BCUT2D eigenvalue weighted by molar-refractivity contribution is 9.11. The summed E-state index contributed by atoms with van der Waals surface area (Å²) in [5.41, 5.74) is 6.58. The monoisotopic (exact) mass is 574 g/mol. The molecule has 0 aliphatic heterocycles. The lowest BCUT2D eigenvalue weighted by molar-refractivity contribution is 0.0929. The minimum Gasteiger partial charge on any atom is -0.450 e. The Morgan fingerprint density at radius 3 is 2.76 bits per heavy atom. The predicted octanol–water partition coefficient (Wildman–Crippen LogP) is 6.60. The fourth-order valence-corrected chi connectivity index (χ4v) is 5.20. The number of halogens is 2. The molecule has 0 saturated heterocycles.